The number of nitrogens with zero attached hydrogens (tertiary/aromatic N) is 1. The third-order valence-corrected chi connectivity index (χ3v) is 2.93. The molecule has 2 nitrogen and oxygen atoms in total. The minimum absolute atomic E-state index is 0.509. The van der Waals surface area contributed by atoms with Gasteiger partial charge in [-0.3, -0.25) is 0 Å². The topological polar surface area (TPSA) is 22.1 Å². The van der Waals surface area contributed by atoms with Gasteiger partial charge in [-0.2, -0.15) is 0 Å². The molecule has 1 aromatic carbocycles. The Balaban J connectivity index is 2.34. The van der Waals surface area contributed by atoms with E-state index in [1.165, 1.54) is 0 Å². The highest BCUT2D eigenvalue weighted by molar-refractivity contribution is 9.10. The summed E-state index contributed by atoms with van der Waals surface area (Å²) in [6, 6.07) is 9.32. The minimum Gasteiger partial charge on any atom is -0.436 e. The van der Waals surface area contributed by atoms with Gasteiger partial charge >= 0.3 is 0 Å². The first kappa shape index (κ1) is 11.4. The first-order valence-corrected chi connectivity index (χ1v) is 5.88. The van der Waals surface area contributed by atoms with Gasteiger partial charge in [0.25, 0.3) is 0 Å². The number of rotatable bonds is 2. The first-order valence-electron chi connectivity index (χ1n) is 4.71. The lowest BCUT2D eigenvalue weighted by Gasteiger charge is -2.08. The second-order valence-electron chi connectivity index (χ2n) is 3.33. The Morgan fingerprint density at radius 3 is 2.88 bits per heavy atom. The molecule has 0 aliphatic heterocycles. The molecular formula is C12H9BrClNO. The first-order chi connectivity index (χ1) is 7.66. The molecule has 1 heterocycles. The molecule has 1 aromatic heterocycles. The normalized spacial score (nSPS) is 10.2. The van der Waals surface area contributed by atoms with Crippen LogP contribution in [0.15, 0.2) is 41.0 Å². The van der Waals surface area contributed by atoms with E-state index in [-0.39, 0.29) is 0 Å². The van der Waals surface area contributed by atoms with Crippen molar-refractivity contribution in [2.24, 2.45) is 0 Å². The maximum absolute atomic E-state index is 6.03. The standard InChI is InChI=1S/C12H9BrClNO/c1-8-4-5-10(14)11(7-8)16-12-9(13)3-2-6-15-12/h2-7H,1H3. The Bertz CT molecular complexity index is 516. The van der Waals surface area contributed by atoms with E-state index in [0.717, 1.165) is 10.0 Å². The van der Waals surface area contributed by atoms with Crippen LogP contribution >= 0.6 is 27.5 Å². The molecular weight excluding hydrogens is 289 g/mol. The van der Waals surface area contributed by atoms with Crippen molar-refractivity contribution in [2.45, 2.75) is 6.92 Å². The van der Waals surface area contributed by atoms with Crippen molar-refractivity contribution >= 4 is 27.5 Å². The van der Waals surface area contributed by atoms with Gasteiger partial charge in [-0.15, -0.1) is 0 Å². The molecule has 4 heteroatoms. The summed E-state index contributed by atoms with van der Waals surface area (Å²) >= 11 is 9.40. The van der Waals surface area contributed by atoms with Crippen molar-refractivity contribution < 1.29 is 4.74 Å². The van der Waals surface area contributed by atoms with E-state index in [1.54, 1.807) is 6.20 Å². The molecule has 0 unspecified atom stereocenters. The molecule has 0 atom stereocenters. The van der Waals surface area contributed by atoms with E-state index in [2.05, 4.69) is 20.9 Å². The lowest BCUT2D eigenvalue weighted by Crippen LogP contribution is -1.89. The Kier molecular flexibility index (Phi) is 3.46. The number of ether oxygens (including phenoxy) is 1. The van der Waals surface area contributed by atoms with E-state index in [0.29, 0.717) is 16.7 Å². The molecule has 0 bridgehead atoms. The molecule has 2 aromatic rings. The van der Waals surface area contributed by atoms with Crippen molar-refractivity contribution in [3.8, 4) is 11.6 Å². The molecule has 16 heavy (non-hydrogen) atoms. The molecule has 0 amide bonds. The zero-order valence-electron chi connectivity index (χ0n) is 8.58. The van der Waals surface area contributed by atoms with Gasteiger partial charge in [-0.1, -0.05) is 17.7 Å². The fraction of sp³-hybridized carbons (Fsp3) is 0.0833. The van der Waals surface area contributed by atoms with Crippen molar-refractivity contribution in [1.29, 1.82) is 0 Å². The fourth-order valence-electron chi connectivity index (χ4n) is 1.24. The average Bonchev–Trinajstić information content (AvgIpc) is 2.27. The Morgan fingerprint density at radius 1 is 1.31 bits per heavy atom. The summed E-state index contributed by atoms with van der Waals surface area (Å²) in [5, 5.41) is 0.572. The average molecular weight is 299 g/mol. The summed E-state index contributed by atoms with van der Waals surface area (Å²) in [6.45, 7) is 1.98. The zero-order valence-corrected chi connectivity index (χ0v) is 10.9. The highest BCUT2D eigenvalue weighted by Gasteiger charge is 2.06. The van der Waals surface area contributed by atoms with Crippen LogP contribution in [0.4, 0.5) is 0 Å². The van der Waals surface area contributed by atoms with Crippen LogP contribution in [0, 0.1) is 6.92 Å². The van der Waals surface area contributed by atoms with Crippen molar-refractivity contribution in [3.05, 3.63) is 51.6 Å². The second-order valence-corrected chi connectivity index (χ2v) is 4.59. The van der Waals surface area contributed by atoms with Crippen LogP contribution in [0.2, 0.25) is 5.02 Å². The summed E-state index contributed by atoms with van der Waals surface area (Å²) in [6.07, 6.45) is 1.67. The predicted molar refractivity (Wildman–Crippen MR) is 68.2 cm³/mol. The van der Waals surface area contributed by atoms with Gasteiger partial charge in [0.15, 0.2) is 0 Å². The molecule has 0 radical (unpaired) electrons. The molecule has 0 fully saturated rings. The van der Waals surface area contributed by atoms with Gasteiger partial charge in [0.05, 0.1) is 9.50 Å². The summed E-state index contributed by atoms with van der Waals surface area (Å²) < 4.78 is 6.43. The van der Waals surface area contributed by atoms with Crippen LogP contribution in [0.25, 0.3) is 0 Å². The van der Waals surface area contributed by atoms with Crippen LogP contribution < -0.4 is 4.74 Å². The zero-order chi connectivity index (χ0) is 11.5. The van der Waals surface area contributed by atoms with Crippen LogP contribution in [0.5, 0.6) is 11.6 Å². The van der Waals surface area contributed by atoms with E-state index < -0.39 is 0 Å². The molecule has 0 spiro atoms. The van der Waals surface area contributed by atoms with Crippen LogP contribution in [-0.4, -0.2) is 4.98 Å². The number of aryl methyl sites for hydroxylation is 1. The van der Waals surface area contributed by atoms with Crippen LogP contribution in [0.3, 0.4) is 0 Å². The highest BCUT2D eigenvalue weighted by atomic mass is 79.9. The van der Waals surface area contributed by atoms with Gasteiger partial charge in [0.1, 0.15) is 5.75 Å². The number of aromatic nitrogens is 1. The molecule has 82 valence electrons. The third kappa shape index (κ3) is 2.54. The lowest BCUT2D eigenvalue weighted by atomic mass is 10.2. The second kappa shape index (κ2) is 4.85. The molecule has 0 saturated heterocycles. The van der Waals surface area contributed by atoms with Gasteiger partial charge in [-0.25, -0.2) is 4.98 Å². The van der Waals surface area contributed by atoms with Gasteiger partial charge in [0, 0.05) is 6.20 Å². The maximum atomic E-state index is 6.03. The summed E-state index contributed by atoms with van der Waals surface area (Å²) in [7, 11) is 0. The minimum atomic E-state index is 0.509. The predicted octanol–water partition coefficient (Wildman–Crippen LogP) is 4.60. The largest absolute Gasteiger partial charge is 0.436 e. The Hall–Kier alpha value is -1.06. The molecule has 0 aliphatic carbocycles. The van der Waals surface area contributed by atoms with Crippen LogP contribution in [0.1, 0.15) is 5.56 Å². The Morgan fingerprint density at radius 2 is 2.12 bits per heavy atom. The maximum Gasteiger partial charge on any atom is 0.233 e. The van der Waals surface area contributed by atoms with Crippen molar-refractivity contribution in [2.75, 3.05) is 0 Å². The number of benzene rings is 1. The van der Waals surface area contributed by atoms with Crippen molar-refractivity contribution in [1.82, 2.24) is 4.98 Å². The van der Waals surface area contributed by atoms with E-state index in [4.69, 9.17) is 16.3 Å². The molecule has 2 rings (SSSR count). The highest BCUT2D eigenvalue weighted by Crippen LogP contribution is 2.32. The van der Waals surface area contributed by atoms with E-state index in [9.17, 15) is 0 Å². The smallest absolute Gasteiger partial charge is 0.233 e. The van der Waals surface area contributed by atoms with Crippen molar-refractivity contribution in [3.63, 3.8) is 0 Å². The number of halogens is 2. The van der Waals surface area contributed by atoms with Gasteiger partial charge < -0.3 is 4.74 Å². The van der Waals surface area contributed by atoms with E-state index >= 15 is 0 Å². The third-order valence-electron chi connectivity index (χ3n) is 2.02. The summed E-state index contributed by atoms with van der Waals surface area (Å²) in [5.74, 6) is 1.12. The number of hydrogen-bond acceptors (Lipinski definition) is 2. The lowest BCUT2D eigenvalue weighted by molar-refractivity contribution is 0.459. The van der Waals surface area contributed by atoms with Crippen LogP contribution in [-0.2, 0) is 0 Å². The molecule has 0 saturated carbocycles. The molecule has 0 N–H and O–H groups in total. The Labute approximate surface area is 107 Å². The summed E-state index contributed by atoms with van der Waals surface area (Å²) in [4.78, 5) is 4.12. The number of hydrogen-bond donors (Lipinski definition) is 0. The fourth-order valence-corrected chi connectivity index (χ4v) is 1.73. The monoisotopic (exact) mass is 297 g/mol. The molecule has 0 aliphatic rings. The summed E-state index contributed by atoms with van der Waals surface area (Å²) in [5.41, 5.74) is 1.09. The van der Waals surface area contributed by atoms with E-state index in [1.807, 2.05) is 37.3 Å². The number of pyridine rings is 1. The SMILES string of the molecule is Cc1ccc(Cl)c(Oc2ncccc2Br)c1. The quantitative estimate of drug-likeness (QED) is 0.808. The van der Waals surface area contributed by atoms with Gasteiger partial charge in [-0.05, 0) is 52.7 Å². The van der Waals surface area contributed by atoms with Gasteiger partial charge in [0.2, 0.25) is 5.88 Å².